The highest BCUT2D eigenvalue weighted by molar-refractivity contribution is 6.16. The molecule has 0 atom stereocenters. The van der Waals surface area contributed by atoms with E-state index >= 15 is 0 Å². The standard InChI is InChI=1S/C18H14N2/c1-2-8-14(9-3-1)20-17-12-6-4-10-15(17)19-16-11-5-7-13-18(16)20/h1-6,8-13H,7H2. The number of aliphatic imine (C=N–C) groups is 1. The number of hydrogen-bond donors (Lipinski definition) is 0. The summed E-state index contributed by atoms with van der Waals surface area (Å²) in [7, 11) is 0. The zero-order valence-electron chi connectivity index (χ0n) is 11.0. The number of para-hydroxylation sites is 3. The SMILES string of the molecule is C1=CC2=Nc3ccccc3N(c3ccccc3)C2=CC1. The minimum Gasteiger partial charge on any atom is -0.306 e. The van der Waals surface area contributed by atoms with Gasteiger partial charge in [-0.3, -0.25) is 0 Å². The lowest BCUT2D eigenvalue weighted by molar-refractivity contribution is 1.16. The molecule has 20 heavy (non-hydrogen) atoms. The van der Waals surface area contributed by atoms with E-state index in [1.807, 2.05) is 12.1 Å². The molecule has 2 aliphatic rings. The Balaban J connectivity index is 1.96. The zero-order chi connectivity index (χ0) is 13.4. The maximum atomic E-state index is 4.76. The molecule has 2 aromatic rings. The van der Waals surface area contributed by atoms with Gasteiger partial charge in [0.2, 0.25) is 0 Å². The van der Waals surface area contributed by atoms with E-state index in [1.165, 1.54) is 11.4 Å². The first-order chi connectivity index (χ1) is 9.93. The van der Waals surface area contributed by atoms with Crippen LogP contribution in [0, 0.1) is 0 Å². The maximum absolute atomic E-state index is 4.76. The van der Waals surface area contributed by atoms with E-state index < -0.39 is 0 Å². The molecule has 0 fully saturated rings. The Morgan fingerprint density at radius 1 is 0.900 bits per heavy atom. The minimum atomic E-state index is 0.958. The molecule has 2 heteroatoms. The van der Waals surface area contributed by atoms with Crippen LogP contribution in [0.3, 0.4) is 0 Å². The predicted molar refractivity (Wildman–Crippen MR) is 84.0 cm³/mol. The van der Waals surface area contributed by atoms with Crippen LogP contribution < -0.4 is 4.90 Å². The smallest absolute Gasteiger partial charge is 0.0878 e. The van der Waals surface area contributed by atoms with E-state index in [0.29, 0.717) is 0 Å². The number of benzene rings is 2. The lowest BCUT2D eigenvalue weighted by atomic mass is 10.0. The highest BCUT2D eigenvalue weighted by Gasteiger charge is 2.25. The number of allylic oxidation sites excluding steroid dienone is 3. The van der Waals surface area contributed by atoms with Crippen molar-refractivity contribution in [2.24, 2.45) is 4.99 Å². The summed E-state index contributed by atoms with van der Waals surface area (Å²) in [5, 5.41) is 0. The molecule has 0 radical (unpaired) electrons. The van der Waals surface area contributed by atoms with Gasteiger partial charge in [0.1, 0.15) is 0 Å². The largest absolute Gasteiger partial charge is 0.306 e. The van der Waals surface area contributed by atoms with E-state index in [2.05, 4.69) is 65.6 Å². The summed E-state index contributed by atoms with van der Waals surface area (Å²) in [5.74, 6) is 0. The molecule has 0 spiro atoms. The molecule has 0 amide bonds. The lowest BCUT2D eigenvalue weighted by Crippen LogP contribution is -2.25. The third-order valence-corrected chi connectivity index (χ3v) is 3.60. The molecule has 96 valence electrons. The van der Waals surface area contributed by atoms with Crippen molar-refractivity contribution >= 4 is 22.8 Å². The van der Waals surface area contributed by atoms with Gasteiger partial charge >= 0.3 is 0 Å². The number of rotatable bonds is 1. The second kappa shape index (κ2) is 4.49. The van der Waals surface area contributed by atoms with E-state index in [-0.39, 0.29) is 0 Å². The molecule has 0 saturated carbocycles. The van der Waals surface area contributed by atoms with Crippen LogP contribution in [-0.2, 0) is 0 Å². The van der Waals surface area contributed by atoms with E-state index in [9.17, 15) is 0 Å². The molecule has 1 heterocycles. The highest BCUT2D eigenvalue weighted by Crippen LogP contribution is 2.41. The molecule has 1 aliphatic carbocycles. The summed E-state index contributed by atoms with van der Waals surface area (Å²) >= 11 is 0. The Morgan fingerprint density at radius 2 is 1.70 bits per heavy atom. The Morgan fingerprint density at radius 3 is 2.60 bits per heavy atom. The van der Waals surface area contributed by atoms with Crippen LogP contribution in [0.1, 0.15) is 6.42 Å². The molecule has 0 bridgehead atoms. The van der Waals surface area contributed by atoms with Crippen LogP contribution >= 0.6 is 0 Å². The maximum Gasteiger partial charge on any atom is 0.0878 e. The van der Waals surface area contributed by atoms with E-state index in [1.54, 1.807) is 0 Å². The zero-order valence-corrected chi connectivity index (χ0v) is 11.0. The molecule has 0 N–H and O–H groups in total. The molecule has 0 saturated heterocycles. The molecule has 2 aromatic carbocycles. The van der Waals surface area contributed by atoms with Crippen LogP contribution in [-0.4, -0.2) is 5.71 Å². The normalized spacial score (nSPS) is 16.1. The van der Waals surface area contributed by atoms with Gasteiger partial charge in [-0.15, -0.1) is 0 Å². The summed E-state index contributed by atoms with van der Waals surface area (Å²) in [5.41, 5.74) is 5.56. The fourth-order valence-electron chi connectivity index (χ4n) is 2.71. The first-order valence-corrected chi connectivity index (χ1v) is 6.83. The van der Waals surface area contributed by atoms with Crippen molar-refractivity contribution in [2.45, 2.75) is 6.42 Å². The predicted octanol–water partition coefficient (Wildman–Crippen LogP) is 4.75. The van der Waals surface area contributed by atoms with Crippen LogP contribution in [0.4, 0.5) is 17.1 Å². The van der Waals surface area contributed by atoms with Crippen LogP contribution in [0.2, 0.25) is 0 Å². The quantitative estimate of drug-likeness (QED) is 0.720. The van der Waals surface area contributed by atoms with Gasteiger partial charge in [-0.25, -0.2) is 4.99 Å². The van der Waals surface area contributed by atoms with Crippen molar-refractivity contribution < 1.29 is 0 Å². The van der Waals surface area contributed by atoms with Gasteiger partial charge < -0.3 is 4.90 Å². The summed E-state index contributed by atoms with van der Waals surface area (Å²) in [6, 6.07) is 18.8. The van der Waals surface area contributed by atoms with Gasteiger partial charge in [-0.2, -0.15) is 0 Å². The third-order valence-electron chi connectivity index (χ3n) is 3.60. The monoisotopic (exact) mass is 258 g/mol. The Hall–Kier alpha value is -2.61. The van der Waals surface area contributed by atoms with Gasteiger partial charge in [0.25, 0.3) is 0 Å². The van der Waals surface area contributed by atoms with Crippen molar-refractivity contribution in [3.8, 4) is 0 Å². The van der Waals surface area contributed by atoms with Gasteiger partial charge in [0.15, 0.2) is 0 Å². The van der Waals surface area contributed by atoms with Gasteiger partial charge in [-0.05, 0) is 36.8 Å². The van der Waals surface area contributed by atoms with Crippen molar-refractivity contribution in [1.29, 1.82) is 0 Å². The number of hydrogen-bond acceptors (Lipinski definition) is 2. The third kappa shape index (κ3) is 1.69. The molecular formula is C18H14N2. The van der Waals surface area contributed by atoms with Gasteiger partial charge in [0.05, 0.1) is 22.8 Å². The first kappa shape index (κ1) is 11.2. The van der Waals surface area contributed by atoms with E-state index in [4.69, 9.17) is 4.99 Å². The summed E-state index contributed by atoms with van der Waals surface area (Å²) in [6.45, 7) is 0. The molecule has 1 aliphatic heterocycles. The molecule has 0 aromatic heterocycles. The Kier molecular flexibility index (Phi) is 2.52. The summed E-state index contributed by atoms with van der Waals surface area (Å²) in [4.78, 5) is 7.06. The fourth-order valence-corrected chi connectivity index (χ4v) is 2.71. The fraction of sp³-hybridized carbons (Fsp3) is 0.0556. The number of fused-ring (bicyclic) bond motifs is 2. The second-order valence-corrected chi connectivity index (χ2v) is 4.88. The average Bonchev–Trinajstić information content (AvgIpc) is 2.53. The average molecular weight is 258 g/mol. The van der Waals surface area contributed by atoms with Crippen LogP contribution in [0.25, 0.3) is 0 Å². The Bertz CT molecular complexity index is 739. The summed E-state index contributed by atoms with van der Waals surface area (Å²) in [6.07, 6.45) is 7.46. The first-order valence-electron chi connectivity index (χ1n) is 6.83. The molecule has 0 unspecified atom stereocenters. The molecule has 2 nitrogen and oxygen atoms in total. The van der Waals surface area contributed by atoms with E-state index in [0.717, 1.165) is 23.5 Å². The van der Waals surface area contributed by atoms with Crippen molar-refractivity contribution in [1.82, 2.24) is 0 Å². The van der Waals surface area contributed by atoms with Gasteiger partial charge in [0, 0.05) is 5.69 Å². The highest BCUT2D eigenvalue weighted by atomic mass is 15.2. The second-order valence-electron chi connectivity index (χ2n) is 4.88. The topological polar surface area (TPSA) is 15.6 Å². The Labute approximate surface area is 118 Å². The minimum absolute atomic E-state index is 0.958. The van der Waals surface area contributed by atoms with Crippen molar-refractivity contribution in [2.75, 3.05) is 4.90 Å². The summed E-state index contributed by atoms with van der Waals surface area (Å²) < 4.78 is 0. The van der Waals surface area contributed by atoms with Crippen LogP contribution in [0.5, 0.6) is 0 Å². The van der Waals surface area contributed by atoms with Crippen LogP contribution in [0.15, 0.2) is 83.5 Å². The molecular weight excluding hydrogens is 244 g/mol. The number of anilines is 2. The lowest BCUT2D eigenvalue weighted by Gasteiger charge is -2.33. The number of nitrogens with zero attached hydrogens (tertiary/aromatic N) is 2. The molecule has 4 rings (SSSR count). The van der Waals surface area contributed by atoms with Gasteiger partial charge in [-0.1, -0.05) is 42.5 Å². The van der Waals surface area contributed by atoms with Crippen molar-refractivity contribution in [3.63, 3.8) is 0 Å². The van der Waals surface area contributed by atoms with Crippen molar-refractivity contribution in [3.05, 3.63) is 78.5 Å².